The molecule has 0 aliphatic carbocycles. The van der Waals surface area contributed by atoms with Gasteiger partial charge in [-0.05, 0) is 12.5 Å². The highest BCUT2D eigenvalue weighted by atomic mass is 16.5. The van der Waals surface area contributed by atoms with Gasteiger partial charge in [-0.3, -0.25) is 4.79 Å². The molecule has 1 aliphatic heterocycles. The molecule has 110 valence electrons. The Morgan fingerprint density at radius 3 is 2.95 bits per heavy atom. The van der Waals surface area contributed by atoms with Crippen LogP contribution in [-0.2, 0) is 22.5 Å². The van der Waals surface area contributed by atoms with Crippen LogP contribution < -0.4 is 5.56 Å². The minimum atomic E-state index is -0.350. The molecule has 0 radical (unpaired) electrons. The van der Waals surface area contributed by atoms with E-state index in [1.54, 1.807) is 0 Å². The lowest BCUT2D eigenvalue weighted by Crippen LogP contribution is -2.27. The van der Waals surface area contributed by atoms with E-state index in [0.717, 1.165) is 11.3 Å². The van der Waals surface area contributed by atoms with Crippen molar-refractivity contribution in [3.8, 4) is 0 Å². The number of nitrogens with one attached hydrogen (secondary N) is 1. The molecule has 5 nitrogen and oxygen atoms in total. The molecule has 0 fully saturated rings. The number of hydrogen-bond acceptors (Lipinski definition) is 4. The fourth-order valence-electron chi connectivity index (χ4n) is 2.51. The van der Waals surface area contributed by atoms with E-state index in [-0.39, 0.29) is 11.7 Å². The Kier molecular flexibility index (Phi) is 4.13. The SMILES string of the molecule is CCOC(c1ccccc1)c1nc2c(c(=O)[nH]1)COCC2. The monoisotopic (exact) mass is 286 g/mol. The van der Waals surface area contributed by atoms with Gasteiger partial charge in [0.1, 0.15) is 11.9 Å². The third-order valence-corrected chi connectivity index (χ3v) is 3.53. The van der Waals surface area contributed by atoms with Crippen LogP contribution in [-0.4, -0.2) is 23.2 Å². The second kappa shape index (κ2) is 6.20. The molecule has 0 saturated carbocycles. The van der Waals surface area contributed by atoms with Gasteiger partial charge in [0.2, 0.25) is 0 Å². The van der Waals surface area contributed by atoms with Crippen LogP contribution in [0.5, 0.6) is 0 Å². The number of ether oxygens (including phenoxy) is 2. The van der Waals surface area contributed by atoms with E-state index in [0.29, 0.717) is 37.6 Å². The number of rotatable bonds is 4. The maximum atomic E-state index is 12.2. The summed E-state index contributed by atoms with van der Waals surface area (Å²) in [5.74, 6) is 0.564. The number of aromatic amines is 1. The second-order valence-corrected chi connectivity index (χ2v) is 4.93. The number of benzene rings is 1. The summed E-state index contributed by atoms with van der Waals surface area (Å²) in [6, 6.07) is 9.80. The zero-order chi connectivity index (χ0) is 14.7. The first-order valence-electron chi connectivity index (χ1n) is 7.16. The lowest BCUT2D eigenvalue weighted by atomic mass is 10.1. The van der Waals surface area contributed by atoms with Crippen LogP contribution in [0, 0.1) is 0 Å². The van der Waals surface area contributed by atoms with Crippen molar-refractivity contribution in [3.05, 3.63) is 63.3 Å². The first kappa shape index (κ1) is 14.0. The van der Waals surface area contributed by atoms with E-state index in [1.165, 1.54) is 0 Å². The number of nitrogens with zero attached hydrogens (tertiary/aromatic N) is 1. The molecule has 5 heteroatoms. The Balaban J connectivity index is 2.04. The Morgan fingerprint density at radius 1 is 1.38 bits per heavy atom. The molecular formula is C16H18N2O3. The van der Waals surface area contributed by atoms with Crippen molar-refractivity contribution in [1.82, 2.24) is 9.97 Å². The highest BCUT2D eigenvalue weighted by molar-refractivity contribution is 5.26. The number of H-pyrrole nitrogens is 1. The number of aromatic nitrogens is 2. The summed E-state index contributed by atoms with van der Waals surface area (Å²) >= 11 is 0. The van der Waals surface area contributed by atoms with Crippen LogP contribution in [0.3, 0.4) is 0 Å². The van der Waals surface area contributed by atoms with Crippen molar-refractivity contribution in [2.75, 3.05) is 13.2 Å². The Morgan fingerprint density at radius 2 is 2.19 bits per heavy atom. The lowest BCUT2D eigenvalue weighted by molar-refractivity contribution is 0.0824. The van der Waals surface area contributed by atoms with E-state index in [2.05, 4.69) is 9.97 Å². The average Bonchev–Trinajstić information content (AvgIpc) is 2.53. The van der Waals surface area contributed by atoms with Crippen LogP contribution in [0.2, 0.25) is 0 Å². The standard InChI is InChI=1S/C16H18N2O3/c1-2-21-14(11-6-4-3-5-7-11)15-17-13-8-9-20-10-12(13)16(19)18-15/h3-7,14H,2,8-10H2,1H3,(H,17,18,19). The van der Waals surface area contributed by atoms with Crippen molar-refractivity contribution in [2.24, 2.45) is 0 Å². The third kappa shape index (κ3) is 2.89. The Hall–Kier alpha value is -1.98. The average molecular weight is 286 g/mol. The van der Waals surface area contributed by atoms with Crippen molar-refractivity contribution < 1.29 is 9.47 Å². The van der Waals surface area contributed by atoms with Crippen LogP contribution in [0.15, 0.2) is 35.1 Å². The molecule has 1 N–H and O–H groups in total. The first-order valence-corrected chi connectivity index (χ1v) is 7.16. The van der Waals surface area contributed by atoms with Crippen LogP contribution in [0.4, 0.5) is 0 Å². The largest absolute Gasteiger partial charge is 0.376 e. The Labute approximate surface area is 123 Å². The molecule has 1 aromatic carbocycles. The molecule has 2 heterocycles. The molecule has 1 atom stereocenters. The minimum Gasteiger partial charge on any atom is -0.376 e. The molecular weight excluding hydrogens is 268 g/mol. The summed E-state index contributed by atoms with van der Waals surface area (Å²) in [6.07, 6.45) is 0.317. The van der Waals surface area contributed by atoms with Crippen molar-refractivity contribution >= 4 is 0 Å². The first-order chi connectivity index (χ1) is 10.3. The molecule has 1 aromatic heterocycles. The van der Waals surface area contributed by atoms with Gasteiger partial charge in [0, 0.05) is 13.0 Å². The molecule has 0 spiro atoms. The fourth-order valence-corrected chi connectivity index (χ4v) is 2.51. The zero-order valence-corrected chi connectivity index (χ0v) is 12.0. The normalized spacial score (nSPS) is 15.5. The topological polar surface area (TPSA) is 64.2 Å². The second-order valence-electron chi connectivity index (χ2n) is 4.93. The van der Waals surface area contributed by atoms with Gasteiger partial charge >= 0.3 is 0 Å². The van der Waals surface area contributed by atoms with Crippen molar-refractivity contribution in [3.63, 3.8) is 0 Å². The molecule has 0 amide bonds. The lowest BCUT2D eigenvalue weighted by Gasteiger charge is -2.20. The van der Waals surface area contributed by atoms with E-state index < -0.39 is 0 Å². The summed E-state index contributed by atoms with van der Waals surface area (Å²) in [5.41, 5.74) is 2.30. The molecule has 1 unspecified atom stereocenters. The van der Waals surface area contributed by atoms with Gasteiger partial charge in [-0.25, -0.2) is 4.98 Å². The van der Waals surface area contributed by atoms with Crippen LogP contribution >= 0.6 is 0 Å². The van der Waals surface area contributed by atoms with Gasteiger partial charge in [-0.1, -0.05) is 30.3 Å². The van der Waals surface area contributed by atoms with Gasteiger partial charge in [0.15, 0.2) is 0 Å². The van der Waals surface area contributed by atoms with E-state index >= 15 is 0 Å². The maximum Gasteiger partial charge on any atom is 0.256 e. The van der Waals surface area contributed by atoms with Crippen LogP contribution in [0.25, 0.3) is 0 Å². The van der Waals surface area contributed by atoms with Gasteiger partial charge in [0.25, 0.3) is 5.56 Å². The Bertz CT molecular complexity index is 667. The van der Waals surface area contributed by atoms with Gasteiger partial charge in [0.05, 0.1) is 24.5 Å². The highest BCUT2D eigenvalue weighted by Gasteiger charge is 2.21. The van der Waals surface area contributed by atoms with E-state index in [4.69, 9.17) is 9.47 Å². The molecule has 3 rings (SSSR count). The minimum absolute atomic E-state index is 0.129. The van der Waals surface area contributed by atoms with Gasteiger partial charge in [-0.15, -0.1) is 0 Å². The zero-order valence-electron chi connectivity index (χ0n) is 12.0. The molecule has 0 saturated heterocycles. The molecule has 2 aromatic rings. The number of fused-ring (bicyclic) bond motifs is 1. The summed E-state index contributed by atoms with van der Waals surface area (Å²) in [6.45, 7) is 3.42. The number of hydrogen-bond donors (Lipinski definition) is 1. The summed E-state index contributed by atoms with van der Waals surface area (Å²) < 4.78 is 11.1. The fraction of sp³-hybridized carbons (Fsp3) is 0.375. The van der Waals surface area contributed by atoms with E-state index in [9.17, 15) is 4.79 Å². The highest BCUT2D eigenvalue weighted by Crippen LogP contribution is 2.23. The summed E-state index contributed by atoms with van der Waals surface area (Å²) in [4.78, 5) is 19.6. The maximum absolute atomic E-state index is 12.2. The molecule has 21 heavy (non-hydrogen) atoms. The van der Waals surface area contributed by atoms with E-state index in [1.807, 2.05) is 37.3 Å². The van der Waals surface area contributed by atoms with Crippen molar-refractivity contribution in [2.45, 2.75) is 26.1 Å². The molecule has 1 aliphatic rings. The smallest absolute Gasteiger partial charge is 0.256 e. The van der Waals surface area contributed by atoms with Crippen LogP contribution in [0.1, 0.15) is 35.7 Å². The summed E-state index contributed by atoms with van der Waals surface area (Å²) in [7, 11) is 0. The third-order valence-electron chi connectivity index (χ3n) is 3.53. The predicted octanol–water partition coefficient (Wildman–Crippen LogP) is 1.97. The predicted molar refractivity (Wildman–Crippen MR) is 78.1 cm³/mol. The summed E-state index contributed by atoms with van der Waals surface area (Å²) in [5, 5.41) is 0. The van der Waals surface area contributed by atoms with Crippen molar-refractivity contribution in [1.29, 1.82) is 0 Å². The quantitative estimate of drug-likeness (QED) is 0.933. The van der Waals surface area contributed by atoms with Gasteiger partial charge in [-0.2, -0.15) is 0 Å². The van der Waals surface area contributed by atoms with Gasteiger partial charge < -0.3 is 14.5 Å². The molecule has 0 bridgehead atoms.